The van der Waals surface area contributed by atoms with Gasteiger partial charge < -0.3 is 16.6 Å². The van der Waals surface area contributed by atoms with Gasteiger partial charge in [-0.05, 0) is 32.2 Å². The number of hydrogen-bond acceptors (Lipinski definition) is 5. The fourth-order valence-corrected chi connectivity index (χ4v) is 1.71. The number of nitrogens with zero attached hydrogens (tertiary/aromatic N) is 2. The molecule has 1 unspecified atom stereocenters. The molecule has 2 aromatic rings. The van der Waals surface area contributed by atoms with Gasteiger partial charge in [0, 0.05) is 11.9 Å². The van der Waals surface area contributed by atoms with Gasteiger partial charge in [0.25, 0.3) is 0 Å². The third-order valence-corrected chi connectivity index (χ3v) is 2.62. The topological polar surface area (TPSA) is 89.8 Å². The summed E-state index contributed by atoms with van der Waals surface area (Å²) in [6, 6.07) is 9.62. The van der Waals surface area contributed by atoms with Crippen molar-refractivity contribution in [3.63, 3.8) is 0 Å². The van der Waals surface area contributed by atoms with E-state index in [0.29, 0.717) is 5.82 Å². The molecule has 0 saturated heterocycles. The predicted octanol–water partition coefficient (Wildman–Crippen LogP) is 0.980. The molecule has 82 valence electrons. The highest BCUT2D eigenvalue weighted by Crippen LogP contribution is 2.14. The first-order chi connectivity index (χ1) is 7.78. The van der Waals surface area contributed by atoms with E-state index in [4.69, 9.17) is 11.2 Å². The predicted molar refractivity (Wildman–Crippen MR) is 68.3 cm³/mol. The fourth-order valence-electron chi connectivity index (χ4n) is 1.28. The third-order valence-electron chi connectivity index (χ3n) is 1.98. The highest BCUT2D eigenvalue weighted by atomic mass is 31.1. The van der Waals surface area contributed by atoms with Crippen LogP contribution in [-0.4, -0.2) is 9.97 Å². The molecule has 0 saturated carbocycles. The Morgan fingerprint density at radius 1 is 1.25 bits per heavy atom. The zero-order valence-electron chi connectivity index (χ0n) is 8.51. The van der Waals surface area contributed by atoms with E-state index in [1.54, 1.807) is 12.3 Å². The van der Waals surface area contributed by atoms with E-state index < -0.39 is 0 Å². The lowest BCUT2D eigenvalue weighted by Crippen LogP contribution is -2.02. The minimum absolute atomic E-state index is 0.252. The van der Waals surface area contributed by atoms with Crippen LogP contribution in [0.1, 0.15) is 0 Å². The maximum atomic E-state index is 5.59. The summed E-state index contributed by atoms with van der Waals surface area (Å²) in [5.74, 6) is 0.923. The van der Waals surface area contributed by atoms with E-state index in [9.17, 15) is 0 Å². The van der Waals surface area contributed by atoms with Crippen molar-refractivity contribution in [1.82, 2.24) is 9.97 Å². The molecule has 0 spiro atoms. The van der Waals surface area contributed by atoms with Crippen LogP contribution >= 0.6 is 8.73 Å². The molecular weight excluding hydrogens is 221 g/mol. The maximum absolute atomic E-state index is 5.59. The van der Waals surface area contributed by atoms with Crippen molar-refractivity contribution in [1.29, 1.82) is 0 Å². The number of benzene rings is 1. The Morgan fingerprint density at radius 3 is 2.88 bits per heavy atom. The first-order valence-electron chi connectivity index (χ1n) is 4.70. The molecule has 0 bridgehead atoms. The minimum Gasteiger partial charge on any atom is -0.368 e. The number of nitrogens with two attached hydrogens (primary N) is 2. The molecule has 0 amide bonds. The standard InChI is InChI=1S/C10H12N5P/c11-10-13-5-4-9(15-10)14-7-2-1-3-8(6-7)16-12/h1-6,16H,12H2,(H3,11,13,14,15). The number of nitrogen functional groups attached to an aromatic ring is 1. The first kappa shape index (κ1) is 10.8. The fraction of sp³-hybridized carbons (Fsp3) is 0. The summed E-state index contributed by atoms with van der Waals surface area (Å²) in [5.41, 5.74) is 12.0. The zero-order valence-corrected chi connectivity index (χ0v) is 9.51. The number of anilines is 3. The number of aromatic nitrogens is 2. The van der Waals surface area contributed by atoms with Crippen molar-refractivity contribution in [2.75, 3.05) is 11.1 Å². The highest BCUT2D eigenvalue weighted by molar-refractivity contribution is 7.44. The van der Waals surface area contributed by atoms with Crippen LogP contribution in [0.25, 0.3) is 0 Å². The molecule has 1 aromatic carbocycles. The highest BCUT2D eigenvalue weighted by Gasteiger charge is 1.98. The quantitative estimate of drug-likeness (QED) is 0.687. The Labute approximate surface area is 95.1 Å². The summed E-state index contributed by atoms with van der Waals surface area (Å²) in [6.45, 7) is 0. The van der Waals surface area contributed by atoms with Gasteiger partial charge in [-0.1, -0.05) is 12.1 Å². The second-order valence-electron chi connectivity index (χ2n) is 3.15. The van der Waals surface area contributed by atoms with Gasteiger partial charge in [-0.25, -0.2) is 4.98 Å². The van der Waals surface area contributed by atoms with Crippen LogP contribution < -0.4 is 21.9 Å². The molecule has 1 heterocycles. The second-order valence-corrected chi connectivity index (χ2v) is 4.02. The molecular formula is C10H12N5P. The molecule has 2 rings (SSSR count). The Bertz CT molecular complexity index is 488. The summed E-state index contributed by atoms with van der Waals surface area (Å²) in [7, 11) is 0.287. The van der Waals surface area contributed by atoms with Gasteiger partial charge in [0.1, 0.15) is 5.82 Å². The van der Waals surface area contributed by atoms with Crippen molar-refractivity contribution >= 4 is 31.5 Å². The lowest BCUT2D eigenvalue weighted by Gasteiger charge is -2.06. The van der Waals surface area contributed by atoms with Gasteiger partial charge in [0.15, 0.2) is 0 Å². The first-order valence-corrected chi connectivity index (χ1v) is 5.78. The molecule has 0 radical (unpaired) electrons. The second kappa shape index (κ2) is 4.88. The van der Waals surface area contributed by atoms with Gasteiger partial charge in [-0.15, -0.1) is 0 Å². The van der Waals surface area contributed by atoms with E-state index in [-0.39, 0.29) is 14.7 Å². The largest absolute Gasteiger partial charge is 0.368 e. The van der Waals surface area contributed by atoms with Gasteiger partial charge in [0.05, 0.1) is 0 Å². The van der Waals surface area contributed by atoms with Gasteiger partial charge >= 0.3 is 0 Å². The average molecular weight is 233 g/mol. The Kier molecular flexibility index (Phi) is 3.29. The summed E-state index contributed by atoms with van der Waals surface area (Å²) in [6.07, 6.45) is 1.61. The Balaban J connectivity index is 2.20. The molecule has 0 fully saturated rings. The third kappa shape index (κ3) is 2.66. The van der Waals surface area contributed by atoms with Gasteiger partial charge in [-0.3, -0.25) is 0 Å². The van der Waals surface area contributed by atoms with E-state index in [1.807, 2.05) is 24.3 Å². The molecule has 0 aliphatic heterocycles. The van der Waals surface area contributed by atoms with Crippen LogP contribution in [0.3, 0.4) is 0 Å². The van der Waals surface area contributed by atoms with E-state index >= 15 is 0 Å². The van der Waals surface area contributed by atoms with Crippen molar-refractivity contribution in [3.05, 3.63) is 36.5 Å². The van der Waals surface area contributed by atoms with Crippen molar-refractivity contribution in [2.45, 2.75) is 0 Å². The summed E-state index contributed by atoms with van der Waals surface area (Å²) >= 11 is 0. The average Bonchev–Trinajstić information content (AvgIpc) is 2.29. The summed E-state index contributed by atoms with van der Waals surface area (Å²) < 4.78 is 0. The Hall–Kier alpha value is -1.71. The van der Waals surface area contributed by atoms with Gasteiger partial charge in [0.2, 0.25) is 5.95 Å². The van der Waals surface area contributed by atoms with Crippen molar-refractivity contribution < 1.29 is 0 Å². The van der Waals surface area contributed by atoms with Crippen molar-refractivity contribution in [3.8, 4) is 0 Å². The lowest BCUT2D eigenvalue weighted by molar-refractivity contribution is 1.18. The molecule has 16 heavy (non-hydrogen) atoms. The normalized spacial score (nSPS) is 10.8. The number of hydrogen-bond donors (Lipinski definition) is 3. The Morgan fingerprint density at radius 2 is 2.12 bits per heavy atom. The molecule has 1 aromatic heterocycles. The summed E-state index contributed by atoms with van der Waals surface area (Å²) in [5, 5.41) is 4.23. The monoisotopic (exact) mass is 233 g/mol. The zero-order chi connectivity index (χ0) is 11.4. The van der Waals surface area contributed by atoms with Crippen LogP contribution in [0, 0.1) is 0 Å². The van der Waals surface area contributed by atoms with Crippen LogP contribution in [0.5, 0.6) is 0 Å². The molecule has 0 aliphatic rings. The van der Waals surface area contributed by atoms with Crippen LogP contribution in [0.15, 0.2) is 36.5 Å². The maximum Gasteiger partial charge on any atom is 0.221 e. The SMILES string of the molecule is NPc1cccc(Nc2ccnc(N)n2)c1. The van der Waals surface area contributed by atoms with Crippen molar-refractivity contribution in [2.24, 2.45) is 5.50 Å². The van der Waals surface area contributed by atoms with Gasteiger partial charge in [-0.2, -0.15) is 4.98 Å². The van der Waals surface area contributed by atoms with E-state index in [2.05, 4.69) is 15.3 Å². The minimum atomic E-state index is 0.252. The smallest absolute Gasteiger partial charge is 0.221 e. The molecule has 0 aliphatic carbocycles. The summed E-state index contributed by atoms with van der Waals surface area (Å²) in [4.78, 5) is 7.87. The molecule has 1 atom stereocenters. The van der Waals surface area contributed by atoms with E-state index in [1.165, 1.54) is 0 Å². The van der Waals surface area contributed by atoms with Crippen LogP contribution in [0.4, 0.5) is 17.5 Å². The molecule has 5 nitrogen and oxygen atoms in total. The number of rotatable bonds is 3. The lowest BCUT2D eigenvalue weighted by atomic mass is 10.3. The van der Waals surface area contributed by atoms with Crippen LogP contribution in [-0.2, 0) is 0 Å². The molecule has 5 N–H and O–H groups in total. The van der Waals surface area contributed by atoms with Crippen LogP contribution in [0.2, 0.25) is 0 Å². The molecule has 6 heteroatoms. The van der Waals surface area contributed by atoms with E-state index in [0.717, 1.165) is 11.0 Å². The number of nitrogens with one attached hydrogen (secondary N) is 1.